The molecule has 4 nitrogen and oxygen atoms in total. The molecule has 0 aliphatic rings. The molecular weight excluding hydrogens is 259 g/mol. The van der Waals surface area contributed by atoms with Crippen LogP contribution in [0.2, 0.25) is 5.02 Å². The van der Waals surface area contributed by atoms with E-state index in [0.717, 1.165) is 0 Å². The molecule has 1 atom stereocenters. The highest BCUT2D eigenvalue weighted by Gasteiger charge is 2.09. The number of likely N-dealkylation sites (N-methyl/N-ethyl adjacent to an activating group) is 1. The van der Waals surface area contributed by atoms with Gasteiger partial charge in [0.05, 0.1) is 17.7 Å². The van der Waals surface area contributed by atoms with Crippen LogP contribution in [0.5, 0.6) is 0 Å². The number of rotatable bonds is 5. The third kappa shape index (κ3) is 5.00. The second-order valence-electron chi connectivity index (χ2n) is 4.22. The van der Waals surface area contributed by atoms with Gasteiger partial charge < -0.3 is 10.4 Å². The van der Waals surface area contributed by atoms with Crippen LogP contribution in [-0.2, 0) is 4.79 Å². The van der Waals surface area contributed by atoms with Crippen LogP contribution in [0.3, 0.4) is 0 Å². The number of hydrogen-bond acceptors (Lipinski definition) is 3. The van der Waals surface area contributed by atoms with Gasteiger partial charge in [-0.25, -0.2) is 4.39 Å². The van der Waals surface area contributed by atoms with Crippen LogP contribution >= 0.6 is 11.6 Å². The molecule has 18 heavy (non-hydrogen) atoms. The van der Waals surface area contributed by atoms with Gasteiger partial charge in [0, 0.05) is 12.2 Å². The molecule has 2 N–H and O–H groups in total. The monoisotopic (exact) mass is 274 g/mol. The molecule has 0 bridgehead atoms. The lowest BCUT2D eigenvalue weighted by Gasteiger charge is -2.17. The van der Waals surface area contributed by atoms with Crippen LogP contribution in [0.25, 0.3) is 0 Å². The molecule has 100 valence electrons. The van der Waals surface area contributed by atoms with Crippen molar-refractivity contribution >= 4 is 23.2 Å². The van der Waals surface area contributed by atoms with E-state index in [1.165, 1.54) is 18.2 Å². The second-order valence-corrected chi connectivity index (χ2v) is 4.63. The first kappa shape index (κ1) is 14.9. The van der Waals surface area contributed by atoms with Gasteiger partial charge in [-0.1, -0.05) is 11.6 Å². The van der Waals surface area contributed by atoms with Crippen molar-refractivity contribution in [2.24, 2.45) is 0 Å². The van der Waals surface area contributed by atoms with Crippen LogP contribution < -0.4 is 5.32 Å². The molecule has 0 aromatic heterocycles. The Labute approximate surface area is 110 Å². The molecule has 0 radical (unpaired) electrons. The molecule has 1 rings (SSSR count). The number of benzene rings is 1. The summed E-state index contributed by atoms with van der Waals surface area (Å²) >= 11 is 5.60. The van der Waals surface area contributed by atoms with Crippen molar-refractivity contribution in [2.45, 2.75) is 13.0 Å². The van der Waals surface area contributed by atoms with Gasteiger partial charge in [-0.3, -0.25) is 9.69 Å². The van der Waals surface area contributed by atoms with Gasteiger partial charge in [0.25, 0.3) is 0 Å². The minimum atomic E-state index is -0.527. The molecule has 0 aliphatic heterocycles. The molecular formula is C12H16ClFN2O2. The standard InChI is InChI=1S/C12H16ClFN2O2/c1-8(17)6-16(2)7-12(18)15-9-3-4-11(14)10(13)5-9/h3-5,8,17H,6-7H2,1-2H3,(H,15,18). The van der Waals surface area contributed by atoms with E-state index in [1.54, 1.807) is 18.9 Å². The molecule has 0 fully saturated rings. The van der Waals surface area contributed by atoms with Gasteiger partial charge in [0.1, 0.15) is 5.82 Å². The van der Waals surface area contributed by atoms with Crippen LogP contribution in [0.15, 0.2) is 18.2 Å². The Morgan fingerprint density at radius 2 is 2.28 bits per heavy atom. The summed E-state index contributed by atoms with van der Waals surface area (Å²) in [7, 11) is 1.73. The van der Waals surface area contributed by atoms with Crippen LogP contribution in [-0.4, -0.2) is 42.2 Å². The van der Waals surface area contributed by atoms with Crippen LogP contribution in [0.1, 0.15) is 6.92 Å². The van der Waals surface area contributed by atoms with Gasteiger partial charge >= 0.3 is 0 Å². The summed E-state index contributed by atoms with van der Waals surface area (Å²) in [5.74, 6) is -0.776. The maximum absolute atomic E-state index is 12.9. The third-order valence-electron chi connectivity index (χ3n) is 2.19. The van der Waals surface area contributed by atoms with Crippen LogP contribution in [0, 0.1) is 5.82 Å². The highest BCUT2D eigenvalue weighted by Crippen LogP contribution is 2.19. The van der Waals surface area contributed by atoms with Crippen molar-refractivity contribution in [3.63, 3.8) is 0 Å². The largest absolute Gasteiger partial charge is 0.392 e. The average Bonchev–Trinajstić information content (AvgIpc) is 2.21. The zero-order chi connectivity index (χ0) is 13.7. The zero-order valence-corrected chi connectivity index (χ0v) is 11.0. The van der Waals surface area contributed by atoms with Gasteiger partial charge in [-0.05, 0) is 32.2 Å². The summed E-state index contributed by atoms with van der Waals surface area (Å²) in [6, 6.07) is 3.98. The van der Waals surface area contributed by atoms with Gasteiger partial charge in [0.2, 0.25) is 5.91 Å². The summed E-state index contributed by atoms with van der Waals surface area (Å²) in [6.45, 7) is 2.19. The maximum Gasteiger partial charge on any atom is 0.238 e. The molecule has 0 saturated carbocycles. The lowest BCUT2D eigenvalue weighted by molar-refractivity contribution is -0.117. The SMILES string of the molecule is CC(O)CN(C)CC(=O)Nc1ccc(F)c(Cl)c1. The Hall–Kier alpha value is -1.17. The molecule has 1 unspecified atom stereocenters. The first-order chi connectivity index (χ1) is 8.38. The Morgan fingerprint density at radius 3 is 2.83 bits per heavy atom. The summed E-state index contributed by atoms with van der Waals surface area (Å²) in [5, 5.41) is 11.7. The van der Waals surface area contributed by atoms with E-state index in [4.69, 9.17) is 16.7 Å². The van der Waals surface area contributed by atoms with Crippen LogP contribution in [0.4, 0.5) is 10.1 Å². The van der Waals surface area contributed by atoms with E-state index in [0.29, 0.717) is 12.2 Å². The predicted molar refractivity (Wildman–Crippen MR) is 69.2 cm³/mol. The van der Waals surface area contributed by atoms with Crippen molar-refractivity contribution in [1.29, 1.82) is 0 Å². The van der Waals surface area contributed by atoms with E-state index in [2.05, 4.69) is 5.32 Å². The Bertz CT molecular complexity index is 427. The maximum atomic E-state index is 12.9. The number of amides is 1. The first-order valence-corrected chi connectivity index (χ1v) is 5.88. The van der Waals surface area contributed by atoms with E-state index in [1.807, 2.05) is 0 Å². The third-order valence-corrected chi connectivity index (χ3v) is 2.48. The summed E-state index contributed by atoms with van der Waals surface area (Å²) in [4.78, 5) is 13.3. The van der Waals surface area contributed by atoms with Gasteiger partial charge in [-0.2, -0.15) is 0 Å². The molecule has 1 aromatic rings. The lowest BCUT2D eigenvalue weighted by Crippen LogP contribution is -2.34. The number of carbonyl (C=O) groups is 1. The number of nitrogens with zero attached hydrogens (tertiary/aromatic N) is 1. The fraction of sp³-hybridized carbons (Fsp3) is 0.417. The van der Waals surface area contributed by atoms with Crippen molar-refractivity contribution in [3.05, 3.63) is 29.0 Å². The first-order valence-electron chi connectivity index (χ1n) is 5.50. The fourth-order valence-electron chi connectivity index (χ4n) is 1.54. The van der Waals surface area contributed by atoms with E-state index < -0.39 is 11.9 Å². The second kappa shape index (κ2) is 6.68. The molecule has 0 saturated heterocycles. The van der Waals surface area contributed by atoms with E-state index in [-0.39, 0.29) is 17.5 Å². The highest BCUT2D eigenvalue weighted by molar-refractivity contribution is 6.31. The van der Waals surface area contributed by atoms with Gasteiger partial charge in [-0.15, -0.1) is 0 Å². The Morgan fingerprint density at radius 1 is 1.61 bits per heavy atom. The lowest BCUT2D eigenvalue weighted by atomic mass is 10.3. The number of hydrogen-bond donors (Lipinski definition) is 2. The number of aliphatic hydroxyl groups excluding tert-OH is 1. The highest BCUT2D eigenvalue weighted by atomic mass is 35.5. The number of aliphatic hydroxyl groups is 1. The number of anilines is 1. The van der Waals surface area contributed by atoms with Crippen molar-refractivity contribution in [1.82, 2.24) is 4.90 Å². The summed E-state index contributed by atoms with van der Waals surface area (Å²) in [6.07, 6.45) is -0.497. The molecule has 0 aliphatic carbocycles. The molecule has 0 spiro atoms. The Kier molecular flexibility index (Phi) is 5.53. The predicted octanol–water partition coefficient (Wildman–Crippen LogP) is 1.73. The molecule has 1 amide bonds. The number of halogens is 2. The summed E-state index contributed by atoms with van der Waals surface area (Å²) < 4.78 is 12.9. The minimum absolute atomic E-state index is 0.0369. The number of carbonyl (C=O) groups excluding carboxylic acids is 1. The molecule has 1 aromatic carbocycles. The van der Waals surface area contributed by atoms with Crippen molar-refractivity contribution in [2.75, 3.05) is 25.5 Å². The topological polar surface area (TPSA) is 52.6 Å². The smallest absolute Gasteiger partial charge is 0.238 e. The van der Waals surface area contributed by atoms with Gasteiger partial charge in [0.15, 0.2) is 0 Å². The molecule has 6 heteroatoms. The van der Waals surface area contributed by atoms with E-state index in [9.17, 15) is 9.18 Å². The zero-order valence-electron chi connectivity index (χ0n) is 10.3. The van der Waals surface area contributed by atoms with E-state index >= 15 is 0 Å². The average molecular weight is 275 g/mol. The molecule has 0 heterocycles. The quantitative estimate of drug-likeness (QED) is 0.860. The minimum Gasteiger partial charge on any atom is -0.392 e. The van der Waals surface area contributed by atoms with Crippen molar-refractivity contribution < 1.29 is 14.3 Å². The normalized spacial score (nSPS) is 12.6. The Balaban J connectivity index is 2.51. The number of nitrogens with one attached hydrogen (secondary N) is 1. The fourth-order valence-corrected chi connectivity index (χ4v) is 1.72. The summed E-state index contributed by atoms with van der Waals surface area (Å²) in [5.41, 5.74) is 0.442. The van der Waals surface area contributed by atoms with Crippen molar-refractivity contribution in [3.8, 4) is 0 Å².